The number of rotatable bonds is 4. The van der Waals surface area contributed by atoms with E-state index < -0.39 is 0 Å². The number of anilines is 1. The van der Waals surface area contributed by atoms with Gasteiger partial charge in [0.05, 0.1) is 0 Å². The Kier molecular flexibility index (Phi) is 4.52. The van der Waals surface area contributed by atoms with Crippen LogP contribution in [0.5, 0.6) is 0 Å². The summed E-state index contributed by atoms with van der Waals surface area (Å²) >= 11 is 1.49. The van der Waals surface area contributed by atoms with E-state index >= 15 is 0 Å². The Morgan fingerprint density at radius 3 is 2.63 bits per heavy atom. The lowest BCUT2D eigenvalue weighted by Crippen LogP contribution is -2.20. The summed E-state index contributed by atoms with van der Waals surface area (Å²) in [7, 11) is 0. The molecule has 2 aromatic rings. The van der Waals surface area contributed by atoms with Crippen LogP contribution in [0.3, 0.4) is 0 Å². The predicted octanol–water partition coefficient (Wildman–Crippen LogP) is 2.83. The van der Waals surface area contributed by atoms with Gasteiger partial charge in [0.1, 0.15) is 5.25 Å². The molecule has 0 bridgehead atoms. The largest absolute Gasteiger partial charge is 0.293 e. The highest BCUT2D eigenvalue weighted by molar-refractivity contribution is 7.99. The summed E-state index contributed by atoms with van der Waals surface area (Å²) in [6, 6.07) is 11.5. The SMILES string of the molecule is CSC(C(=O)Nc1nccc(C)n1)c1ccccc1. The van der Waals surface area contributed by atoms with Crippen molar-refractivity contribution in [1.82, 2.24) is 9.97 Å². The number of nitrogens with one attached hydrogen (secondary N) is 1. The minimum Gasteiger partial charge on any atom is -0.293 e. The Morgan fingerprint density at radius 1 is 1.26 bits per heavy atom. The first kappa shape index (κ1) is 13.5. The molecule has 19 heavy (non-hydrogen) atoms. The van der Waals surface area contributed by atoms with Gasteiger partial charge in [-0.3, -0.25) is 10.1 Å². The van der Waals surface area contributed by atoms with Crippen LogP contribution in [-0.2, 0) is 4.79 Å². The van der Waals surface area contributed by atoms with Crippen molar-refractivity contribution in [3.05, 3.63) is 53.9 Å². The number of aryl methyl sites for hydroxylation is 1. The van der Waals surface area contributed by atoms with Gasteiger partial charge in [0.2, 0.25) is 11.9 Å². The van der Waals surface area contributed by atoms with E-state index in [0.29, 0.717) is 5.95 Å². The summed E-state index contributed by atoms with van der Waals surface area (Å²) in [5.41, 5.74) is 1.80. The van der Waals surface area contributed by atoms with Crippen LogP contribution in [-0.4, -0.2) is 22.1 Å². The summed E-state index contributed by atoms with van der Waals surface area (Å²) < 4.78 is 0. The van der Waals surface area contributed by atoms with Crippen molar-refractivity contribution >= 4 is 23.6 Å². The number of hydrogen-bond donors (Lipinski definition) is 1. The lowest BCUT2D eigenvalue weighted by Gasteiger charge is -2.14. The van der Waals surface area contributed by atoms with E-state index in [-0.39, 0.29) is 11.2 Å². The molecule has 1 amide bonds. The highest BCUT2D eigenvalue weighted by atomic mass is 32.2. The lowest BCUT2D eigenvalue weighted by molar-refractivity contribution is -0.115. The first-order chi connectivity index (χ1) is 9.20. The smallest absolute Gasteiger partial charge is 0.244 e. The van der Waals surface area contributed by atoms with Gasteiger partial charge in [-0.15, -0.1) is 11.8 Å². The number of aromatic nitrogens is 2. The van der Waals surface area contributed by atoms with Gasteiger partial charge < -0.3 is 0 Å². The summed E-state index contributed by atoms with van der Waals surface area (Å²) in [4.78, 5) is 20.5. The van der Waals surface area contributed by atoms with Crippen molar-refractivity contribution in [3.8, 4) is 0 Å². The topological polar surface area (TPSA) is 54.9 Å². The molecular formula is C14H15N3OS. The first-order valence-electron chi connectivity index (χ1n) is 5.89. The van der Waals surface area contributed by atoms with Gasteiger partial charge >= 0.3 is 0 Å². The Balaban J connectivity index is 2.14. The molecule has 0 spiro atoms. The van der Waals surface area contributed by atoms with Gasteiger partial charge in [0.25, 0.3) is 0 Å². The van der Waals surface area contributed by atoms with Crippen LogP contribution >= 0.6 is 11.8 Å². The molecular weight excluding hydrogens is 258 g/mol. The van der Waals surface area contributed by atoms with E-state index in [4.69, 9.17) is 0 Å². The summed E-state index contributed by atoms with van der Waals surface area (Å²) in [6.07, 6.45) is 3.54. The third kappa shape index (κ3) is 3.54. The number of carbonyl (C=O) groups excluding carboxylic acids is 1. The maximum atomic E-state index is 12.2. The molecule has 1 N–H and O–H groups in total. The van der Waals surface area contributed by atoms with Crippen LogP contribution in [0.4, 0.5) is 5.95 Å². The van der Waals surface area contributed by atoms with E-state index in [9.17, 15) is 4.79 Å². The van der Waals surface area contributed by atoms with Gasteiger partial charge in [-0.05, 0) is 24.8 Å². The third-order valence-corrected chi connectivity index (χ3v) is 3.56. The van der Waals surface area contributed by atoms with E-state index in [1.807, 2.05) is 43.5 Å². The summed E-state index contributed by atoms with van der Waals surface area (Å²) in [5, 5.41) is 2.49. The molecule has 1 aromatic heterocycles. The predicted molar refractivity (Wildman–Crippen MR) is 78.1 cm³/mol. The van der Waals surface area contributed by atoms with Crippen LogP contribution in [0.25, 0.3) is 0 Å². The van der Waals surface area contributed by atoms with Gasteiger partial charge in [-0.25, -0.2) is 9.97 Å². The minimum atomic E-state index is -0.259. The van der Waals surface area contributed by atoms with Crippen molar-refractivity contribution in [3.63, 3.8) is 0 Å². The second kappa shape index (κ2) is 6.33. The summed E-state index contributed by atoms with van der Waals surface area (Å²) in [5.74, 6) is 0.240. The normalized spacial score (nSPS) is 11.9. The van der Waals surface area contributed by atoms with Gasteiger partial charge in [-0.1, -0.05) is 30.3 Å². The average Bonchev–Trinajstić information content (AvgIpc) is 2.41. The van der Waals surface area contributed by atoms with Gasteiger partial charge in [-0.2, -0.15) is 0 Å². The average molecular weight is 273 g/mol. The Labute approximate surface area is 116 Å². The number of nitrogens with zero attached hydrogens (tertiary/aromatic N) is 2. The van der Waals surface area contributed by atoms with E-state index in [1.165, 1.54) is 11.8 Å². The molecule has 0 saturated carbocycles. The maximum Gasteiger partial charge on any atom is 0.244 e. The Hall–Kier alpha value is -1.88. The molecule has 0 radical (unpaired) electrons. The van der Waals surface area contributed by atoms with Crippen molar-refractivity contribution < 1.29 is 4.79 Å². The van der Waals surface area contributed by atoms with Crippen molar-refractivity contribution in [2.45, 2.75) is 12.2 Å². The second-order valence-corrected chi connectivity index (χ2v) is 4.98. The van der Waals surface area contributed by atoms with E-state index in [1.54, 1.807) is 12.3 Å². The summed E-state index contributed by atoms with van der Waals surface area (Å²) in [6.45, 7) is 1.86. The highest BCUT2D eigenvalue weighted by Gasteiger charge is 2.19. The lowest BCUT2D eigenvalue weighted by atomic mass is 10.1. The molecule has 1 heterocycles. The molecule has 4 nitrogen and oxygen atoms in total. The van der Waals surface area contributed by atoms with E-state index in [2.05, 4.69) is 15.3 Å². The Bertz CT molecular complexity index is 560. The second-order valence-electron chi connectivity index (χ2n) is 4.04. The molecule has 2 rings (SSSR count). The van der Waals surface area contributed by atoms with Gasteiger partial charge in [0, 0.05) is 11.9 Å². The zero-order chi connectivity index (χ0) is 13.7. The first-order valence-corrected chi connectivity index (χ1v) is 7.18. The molecule has 1 unspecified atom stereocenters. The molecule has 1 atom stereocenters. The molecule has 0 fully saturated rings. The van der Waals surface area contributed by atoms with Gasteiger partial charge in [0.15, 0.2) is 0 Å². The molecule has 98 valence electrons. The molecule has 0 aliphatic carbocycles. The zero-order valence-corrected chi connectivity index (χ0v) is 11.6. The fourth-order valence-corrected chi connectivity index (χ4v) is 2.41. The van der Waals surface area contributed by atoms with Crippen LogP contribution in [0, 0.1) is 6.92 Å². The molecule has 0 saturated heterocycles. The molecule has 5 heteroatoms. The monoisotopic (exact) mass is 273 g/mol. The zero-order valence-electron chi connectivity index (χ0n) is 10.8. The van der Waals surface area contributed by atoms with E-state index in [0.717, 1.165) is 11.3 Å². The van der Waals surface area contributed by atoms with Crippen molar-refractivity contribution in [2.75, 3.05) is 11.6 Å². The fraction of sp³-hybridized carbons (Fsp3) is 0.214. The molecule has 1 aromatic carbocycles. The minimum absolute atomic E-state index is 0.107. The number of benzene rings is 1. The molecule has 0 aliphatic heterocycles. The highest BCUT2D eigenvalue weighted by Crippen LogP contribution is 2.27. The number of hydrogen-bond acceptors (Lipinski definition) is 4. The van der Waals surface area contributed by atoms with Crippen molar-refractivity contribution in [1.29, 1.82) is 0 Å². The third-order valence-electron chi connectivity index (χ3n) is 2.61. The van der Waals surface area contributed by atoms with Crippen LogP contribution < -0.4 is 5.32 Å². The van der Waals surface area contributed by atoms with Crippen LogP contribution in [0.1, 0.15) is 16.5 Å². The Morgan fingerprint density at radius 2 is 2.00 bits per heavy atom. The fourth-order valence-electron chi connectivity index (χ4n) is 1.71. The number of carbonyl (C=O) groups is 1. The standard InChI is InChI=1S/C14H15N3OS/c1-10-8-9-15-14(16-10)17-13(18)12(19-2)11-6-4-3-5-7-11/h3-9,12H,1-2H3,(H,15,16,17,18). The van der Waals surface area contributed by atoms with Crippen LogP contribution in [0.15, 0.2) is 42.6 Å². The quantitative estimate of drug-likeness (QED) is 0.930. The number of thioether (sulfide) groups is 1. The molecule has 0 aliphatic rings. The number of amides is 1. The van der Waals surface area contributed by atoms with Crippen molar-refractivity contribution in [2.24, 2.45) is 0 Å². The maximum absolute atomic E-state index is 12.2. The van der Waals surface area contributed by atoms with Crippen LogP contribution in [0.2, 0.25) is 0 Å².